The van der Waals surface area contributed by atoms with E-state index >= 15 is 0 Å². The molecule has 0 spiro atoms. The average molecular weight is 382 g/mol. The Bertz CT molecular complexity index is 970. The van der Waals surface area contributed by atoms with Crippen molar-refractivity contribution < 1.29 is 27.4 Å². The molecule has 0 saturated carbocycles. The first-order valence-corrected chi connectivity index (χ1v) is 8.24. The molecule has 26 heavy (non-hydrogen) atoms. The standard InChI is InChI=1S/C17H13F3N2O3S/c1-9-14(16(23)24-2)11-6-13(22-7-12(11)26-9)25-8-10-4-3-5-21-15(10)17(18,19)20/h3-7H,8H2,1-2H3. The van der Waals surface area contributed by atoms with E-state index in [1.165, 1.54) is 42.8 Å². The number of aryl methyl sites for hydroxylation is 1. The number of halogens is 3. The first kappa shape index (κ1) is 18.1. The highest BCUT2D eigenvalue weighted by Gasteiger charge is 2.35. The summed E-state index contributed by atoms with van der Waals surface area (Å²) in [4.78, 5) is 20.2. The van der Waals surface area contributed by atoms with Gasteiger partial charge >= 0.3 is 12.1 Å². The van der Waals surface area contributed by atoms with E-state index in [2.05, 4.69) is 9.97 Å². The van der Waals surface area contributed by atoms with Crippen LogP contribution in [0, 0.1) is 6.92 Å². The highest BCUT2D eigenvalue weighted by Crippen LogP contribution is 2.33. The van der Waals surface area contributed by atoms with Crippen LogP contribution in [0.15, 0.2) is 30.6 Å². The Morgan fingerprint density at radius 2 is 2.08 bits per heavy atom. The van der Waals surface area contributed by atoms with Gasteiger partial charge in [0, 0.05) is 34.3 Å². The molecule has 3 heterocycles. The van der Waals surface area contributed by atoms with Crippen molar-refractivity contribution in [3.05, 3.63) is 52.3 Å². The van der Waals surface area contributed by atoms with Crippen molar-refractivity contribution in [1.82, 2.24) is 9.97 Å². The number of methoxy groups -OCH3 is 1. The third kappa shape index (κ3) is 3.48. The number of hydrogen-bond acceptors (Lipinski definition) is 6. The topological polar surface area (TPSA) is 61.3 Å². The number of thiophene rings is 1. The van der Waals surface area contributed by atoms with Gasteiger partial charge in [0.1, 0.15) is 6.61 Å². The third-order valence-corrected chi connectivity index (χ3v) is 4.71. The van der Waals surface area contributed by atoms with Gasteiger partial charge < -0.3 is 9.47 Å². The molecular weight excluding hydrogens is 369 g/mol. The van der Waals surface area contributed by atoms with Crippen LogP contribution in [0.1, 0.15) is 26.5 Å². The predicted molar refractivity (Wildman–Crippen MR) is 89.3 cm³/mol. The summed E-state index contributed by atoms with van der Waals surface area (Å²) in [6.45, 7) is 1.43. The third-order valence-electron chi connectivity index (χ3n) is 3.65. The van der Waals surface area contributed by atoms with Crippen LogP contribution in [0.5, 0.6) is 5.88 Å². The Balaban J connectivity index is 1.90. The van der Waals surface area contributed by atoms with Gasteiger partial charge in [-0.05, 0) is 13.0 Å². The number of fused-ring (bicyclic) bond motifs is 1. The van der Waals surface area contributed by atoms with Gasteiger partial charge in [-0.3, -0.25) is 4.98 Å². The summed E-state index contributed by atoms with van der Waals surface area (Å²) in [5.74, 6) is -0.380. The van der Waals surface area contributed by atoms with Gasteiger partial charge in [0.15, 0.2) is 5.69 Å². The SMILES string of the molecule is COC(=O)c1c(C)sc2cnc(OCc3cccnc3C(F)(F)F)cc12. The molecule has 3 aromatic rings. The lowest BCUT2D eigenvalue weighted by molar-refractivity contribution is -0.142. The molecule has 0 aliphatic heterocycles. The average Bonchev–Trinajstić information content (AvgIpc) is 2.93. The molecule has 3 rings (SSSR count). The molecule has 0 radical (unpaired) electrons. The Labute approximate surface area is 150 Å². The minimum absolute atomic E-state index is 0.100. The fraction of sp³-hybridized carbons (Fsp3) is 0.235. The second kappa shape index (κ2) is 6.91. The molecule has 0 aliphatic rings. The van der Waals surface area contributed by atoms with E-state index in [0.29, 0.717) is 10.9 Å². The Morgan fingerprint density at radius 1 is 1.31 bits per heavy atom. The number of aromatic nitrogens is 2. The molecule has 0 aromatic carbocycles. The largest absolute Gasteiger partial charge is 0.473 e. The summed E-state index contributed by atoms with van der Waals surface area (Å²) in [5.41, 5.74) is -0.698. The van der Waals surface area contributed by atoms with Gasteiger partial charge in [0.05, 0.1) is 17.4 Å². The summed E-state index contributed by atoms with van der Waals surface area (Å²) < 4.78 is 49.9. The van der Waals surface area contributed by atoms with Gasteiger partial charge in [-0.2, -0.15) is 13.2 Å². The maximum absolute atomic E-state index is 13.0. The van der Waals surface area contributed by atoms with E-state index < -0.39 is 17.8 Å². The van der Waals surface area contributed by atoms with Crippen LogP contribution in [0.2, 0.25) is 0 Å². The van der Waals surface area contributed by atoms with Crippen molar-refractivity contribution in [3.63, 3.8) is 0 Å². The smallest absolute Gasteiger partial charge is 0.433 e. The fourth-order valence-corrected chi connectivity index (χ4v) is 3.50. The lowest BCUT2D eigenvalue weighted by Gasteiger charge is -2.12. The molecule has 136 valence electrons. The van der Waals surface area contributed by atoms with Gasteiger partial charge in [-0.25, -0.2) is 9.78 Å². The van der Waals surface area contributed by atoms with E-state index in [0.717, 1.165) is 15.8 Å². The molecular formula is C17H13F3N2O3S. The molecule has 0 fully saturated rings. The van der Waals surface area contributed by atoms with Crippen LogP contribution < -0.4 is 4.74 Å². The van der Waals surface area contributed by atoms with E-state index in [-0.39, 0.29) is 18.1 Å². The van der Waals surface area contributed by atoms with E-state index in [9.17, 15) is 18.0 Å². The molecule has 0 unspecified atom stereocenters. The number of alkyl halides is 3. The summed E-state index contributed by atoms with van der Waals surface area (Å²) >= 11 is 1.37. The van der Waals surface area contributed by atoms with Crippen molar-refractivity contribution in [2.45, 2.75) is 19.7 Å². The molecule has 0 atom stereocenters. The van der Waals surface area contributed by atoms with Gasteiger partial charge in [0.25, 0.3) is 0 Å². The monoisotopic (exact) mass is 382 g/mol. The molecule has 0 saturated heterocycles. The Hall–Kier alpha value is -2.68. The van der Waals surface area contributed by atoms with Crippen LogP contribution in [-0.4, -0.2) is 23.0 Å². The van der Waals surface area contributed by atoms with Crippen LogP contribution >= 0.6 is 11.3 Å². The molecule has 0 bridgehead atoms. The lowest BCUT2D eigenvalue weighted by Crippen LogP contribution is -2.13. The summed E-state index contributed by atoms with van der Waals surface area (Å²) in [6, 6.07) is 4.22. The second-order valence-corrected chi connectivity index (χ2v) is 6.60. The Kier molecular flexibility index (Phi) is 4.82. The highest BCUT2D eigenvalue weighted by molar-refractivity contribution is 7.19. The summed E-state index contributed by atoms with van der Waals surface area (Å²) in [7, 11) is 1.28. The van der Waals surface area contributed by atoms with Gasteiger partial charge in [-0.1, -0.05) is 6.07 Å². The van der Waals surface area contributed by atoms with Gasteiger partial charge in [-0.15, -0.1) is 11.3 Å². The van der Waals surface area contributed by atoms with Crippen molar-refractivity contribution >= 4 is 27.4 Å². The Morgan fingerprint density at radius 3 is 2.77 bits per heavy atom. The van der Waals surface area contributed by atoms with E-state index in [1.807, 2.05) is 0 Å². The molecule has 0 N–H and O–H groups in total. The molecule has 9 heteroatoms. The van der Waals surface area contributed by atoms with Crippen molar-refractivity contribution in [2.75, 3.05) is 7.11 Å². The minimum Gasteiger partial charge on any atom is -0.473 e. The number of nitrogens with zero attached hydrogens (tertiary/aromatic N) is 2. The van der Waals surface area contributed by atoms with Crippen LogP contribution in [0.4, 0.5) is 13.2 Å². The quantitative estimate of drug-likeness (QED) is 0.627. The normalized spacial score (nSPS) is 11.6. The summed E-state index contributed by atoms with van der Waals surface area (Å²) in [6.07, 6.45) is -1.98. The second-order valence-electron chi connectivity index (χ2n) is 5.34. The maximum Gasteiger partial charge on any atom is 0.433 e. The minimum atomic E-state index is -4.57. The van der Waals surface area contributed by atoms with E-state index in [1.54, 1.807) is 6.92 Å². The number of ether oxygens (including phenoxy) is 2. The lowest BCUT2D eigenvalue weighted by atomic mass is 10.1. The summed E-state index contributed by atoms with van der Waals surface area (Å²) in [5, 5.41) is 0.589. The zero-order valence-electron chi connectivity index (χ0n) is 13.8. The predicted octanol–water partition coefficient (Wildman–Crippen LogP) is 4.38. The number of esters is 1. The van der Waals surface area contributed by atoms with Crippen molar-refractivity contribution in [2.24, 2.45) is 0 Å². The maximum atomic E-state index is 13.0. The molecule has 3 aromatic heterocycles. The first-order chi connectivity index (χ1) is 12.3. The fourth-order valence-electron chi connectivity index (χ4n) is 2.50. The number of rotatable bonds is 4. The van der Waals surface area contributed by atoms with Gasteiger partial charge in [0.2, 0.25) is 5.88 Å². The van der Waals surface area contributed by atoms with Crippen molar-refractivity contribution in [3.8, 4) is 5.88 Å². The molecule has 0 aliphatic carbocycles. The molecule has 5 nitrogen and oxygen atoms in total. The number of hydrogen-bond donors (Lipinski definition) is 0. The van der Waals surface area contributed by atoms with Crippen molar-refractivity contribution in [1.29, 1.82) is 0 Å². The van der Waals surface area contributed by atoms with E-state index in [4.69, 9.17) is 9.47 Å². The van der Waals surface area contributed by atoms with Crippen LogP contribution in [-0.2, 0) is 17.5 Å². The van der Waals surface area contributed by atoms with Crippen LogP contribution in [0.3, 0.4) is 0 Å². The molecule has 0 amide bonds. The number of pyridine rings is 2. The zero-order chi connectivity index (χ0) is 18.9. The first-order valence-electron chi connectivity index (χ1n) is 7.42. The number of carbonyl (C=O) groups excluding carboxylic acids is 1. The highest BCUT2D eigenvalue weighted by atomic mass is 32.1. The zero-order valence-corrected chi connectivity index (χ0v) is 14.6. The van der Waals surface area contributed by atoms with Crippen LogP contribution in [0.25, 0.3) is 10.1 Å². The number of carbonyl (C=O) groups is 1.